The van der Waals surface area contributed by atoms with Crippen molar-refractivity contribution in [2.75, 3.05) is 23.3 Å². The molecule has 0 aliphatic heterocycles. The van der Waals surface area contributed by atoms with Crippen molar-refractivity contribution in [3.05, 3.63) is 84.4 Å². The lowest BCUT2D eigenvalue weighted by atomic mass is 10.1. The quantitative estimate of drug-likeness (QED) is 0.427. The van der Waals surface area contributed by atoms with Crippen LogP contribution in [0.15, 0.2) is 78.9 Å². The van der Waals surface area contributed by atoms with Crippen molar-refractivity contribution in [3.63, 3.8) is 0 Å². The normalized spacial score (nSPS) is 13.3. The highest BCUT2D eigenvalue weighted by Gasteiger charge is 2.23. The second-order valence-electron chi connectivity index (χ2n) is 8.63. The Balaban J connectivity index is 1.45. The molecule has 0 atom stereocenters. The molecule has 176 valence electrons. The lowest BCUT2D eigenvalue weighted by molar-refractivity contribution is -0.124. The van der Waals surface area contributed by atoms with E-state index in [1.807, 2.05) is 85.8 Å². The Hall–Kier alpha value is -3.80. The van der Waals surface area contributed by atoms with E-state index in [2.05, 4.69) is 10.6 Å². The van der Waals surface area contributed by atoms with Gasteiger partial charge in [0.05, 0.1) is 0 Å². The first kappa shape index (κ1) is 23.4. The Labute approximate surface area is 200 Å². The largest absolute Gasteiger partial charge is 0.457 e. The van der Waals surface area contributed by atoms with Gasteiger partial charge in [-0.1, -0.05) is 43.2 Å². The van der Waals surface area contributed by atoms with Crippen LogP contribution < -0.4 is 20.3 Å². The van der Waals surface area contributed by atoms with E-state index in [0.717, 1.165) is 48.4 Å². The van der Waals surface area contributed by atoms with Crippen LogP contribution in [0, 0.1) is 12.8 Å². The van der Waals surface area contributed by atoms with Crippen LogP contribution in [0.3, 0.4) is 0 Å². The third kappa shape index (κ3) is 6.38. The van der Waals surface area contributed by atoms with Gasteiger partial charge in [-0.2, -0.15) is 0 Å². The molecule has 3 amide bonds. The van der Waals surface area contributed by atoms with Crippen molar-refractivity contribution in [2.24, 2.45) is 5.92 Å². The molecule has 4 rings (SSSR count). The Morgan fingerprint density at radius 1 is 0.912 bits per heavy atom. The second-order valence-corrected chi connectivity index (χ2v) is 8.63. The molecule has 0 heterocycles. The first-order valence-electron chi connectivity index (χ1n) is 11.8. The van der Waals surface area contributed by atoms with Gasteiger partial charge in [0.2, 0.25) is 5.91 Å². The van der Waals surface area contributed by atoms with E-state index < -0.39 is 0 Å². The van der Waals surface area contributed by atoms with Crippen molar-refractivity contribution in [2.45, 2.75) is 32.6 Å². The van der Waals surface area contributed by atoms with Crippen LogP contribution in [0.25, 0.3) is 0 Å². The molecule has 6 nitrogen and oxygen atoms in total. The number of anilines is 2. The monoisotopic (exact) mass is 457 g/mol. The number of hydrogen-bond acceptors (Lipinski definition) is 3. The average molecular weight is 458 g/mol. The summed E-state index contributed by atoms with van der Waals surface area (Å²) in [7, 11) is 0. The van der Waals surface area contributed by atoms with E-state index >= 15 is 0 Å². The fourth-order valence-corrected chi connectivity index (χ4v) is 4.20. The summed E-state index contributed by atoms with van der Waals surface area (Å²) in [6, 6.07) is 24.4. The molecule has 1 saturated carbocycles. The summed E-state index contributed by atoms with van der Waals surface area (Å²) in [6.07, 6.45) is 4.12. The summed E-state index contributed by atoms with van der Waals surface area (Å²) in [5.74, 6) is 1.62. The molecule has 0 spiro atoms. The minimum atomic E-state index is -0.252. The van der Waals surface area contributed by atoms with Gasteiger partial charge < -0.3 is 15.4 Å². The first-order valence-corrected chi connectivity index (χ1v) is 11.8. The summed E-state index contributed by atoms with van der Waals surface area (Å²) >= 11 is 0. The van der Waals surface area contributed by atoms with E-state index in [-0.39, 0.29) is 17.9 Å². The van der Waals surface area contributed by atoms with Crippen molar-refractivity contribution < 1.29 is 14.3 Å². The van der Waals surface area contributed by atoms with E-state index in [4.69, 9.17) is 4.74 Å². The van der Waals surface area contributed by atoms with Crippen LogP contribution >= 0.6 is 0 Å². The van der Waals surface area contributed by atoms with Gasteiger partial charge in [0.25, 0.3) is 0 Å². The molecule has 0 aromatic heterocycles. The number of rotatable bonds is 8. The summed E-state index contributed by atoms with van der Waals surface area (Å²) < 4.78 is 5.88. The minimum Gasteiger partial charge on any atom is -0.457 e. The minimum absolute atomic E-state index is 0.0863. The number of para-hydroxylation sites is 1. The number of aryl methyl sites for hydroxylation is 1. The maximum atomic E-state index is 13.2. The lowest BCUT2D eigenvalue weighted by Gasteiger charge is -2.24. The number of hydrogen-bond donors (Lipinski definition) is 2. The number of nitrogens with one attached hydrogen (secondary N) is 2. The molecule has 3 aromatic carbocycles. The first-order chi connectivity index (χ1) is 16.6. The van der Waals surface area contributed by atoms with Crippen molar-refractivity contribution in [1.29, 1.82) is 0 Å². The van der Waals surface area contributed by atoms with Crippen molar-refractivity contribution >= 4 is 23.3 Å². The second kappa shape index (κ2) is 11.4. The highest BCUT2D eigenvalue weighted by Crippen LogP contribution is 2.26. The van der Waals surface area contributed by atoms with Crippen LogP contribution in [0.1, 0.15) is 31.2 Å². The molecule has 1 fully saturated rings. The number of urea groups is 1. The summed E-state index contributed by atoms with van der Waals surface area (Å²) in [6.45, 7) is 2.73. The van der Waals surface area contributed by atoms with Crippen molar-refractivity contribution in [3.8, 4) is 11.5 Å². The summed E-state index contributed by atoms with van der Waals surface area (Å²) in [4.78, 5) is 27.3. The van der Waals surface area contributed by atoms with Crippen LogP contribution in [0.2, 0.25) is 0 Å². The maximum Gasteiger partial charge on any atom is 0.326 e. The zero-order valence-electron chi connectivity index (χ0n) is 19.5. The van der Waals surface area contributed by atoms with Gasteiger partial charge in [-0.05, 0) is 73.9 Å². The highest BCUT2D eigenvalue weighted by molar-refractivity contribution is 6.01. The van der Waals surface area contributed by atoms with E-state index in [9.17, 15) is 9.59 Å². The number of benzene rings is 3. The Bertz CT molecular complexity index is 1090. The molecule has 3 aromatic rings. The predicted octanol–water partition coefficient (Wildman–Crippen LogP) is 6.13. The zero-order chi connectivity index (χ0) is 23.8. The smallest absolute Gasteiger partial charge is 0.326 e. The molecule has 2 N–H and O–H groups in total. The lowest BCUT2D eigenvalue weighted by Crippen LogP contribution is -2.42. The van der Waals surface area contributed by atoms with Crippen LogP contribution in [-0.4, -0.2) is 25.0 Å². The molecule has 0 saturated heterocycles. The summed E-state index contributed by atoms with van der Waals surface area (Å²) in [5.41, 5.74) is 2.52. The maximum absolute atomic E-state index is 13.2. The van der Waals surface area contributed by atoms with Crippen LogP contribution in [0.4, 0.5) is 16.2 Å². The van der Waals surface area contributed by atoms with Crippen molar-refractivity contribution in [1.82, 2.24) is 5.32 Å². The number of ether oxygens (including phenoxy) is 1. The van der Waals surface area contributed by atoms with Gasteiger partial charge in [0, 0.05) is 30.4 Å². The molecule has 0 unspecified atom stereocenters. The molecule has 6 heteroatoms. The fraction of sp³-hybridized carbons (Fsp3) is 0.286. The van der Waals surface area contributed by atoms with Gasteiger partial charge in [-0.3, -0.25) is 9.69 Å². The van der Waals surface area contributed by atoms with Gasteiger partial charge in [0.1, 0.15) is 11.5 Å². The number of amides is 3. The molecular formula is C28H31N3O3. The van der Waals surface area contributed by atoms with Gasteiger partial charge in [-0.15, -0.1) is 0 Å². The highest BCUT2D eigenvalue weighted by atomic mass is 16.5. The van der Waals surface area contributed by atoms with E-state index in [0.29, 0.717) is 18.8 Å². The third-order valence-electron chi connectivity index (χ3n) is 6.00. The standard InChI is InChI=1S/C28H31N3O3/c1-21-8-7-11-23(20-21)30-28(33)31(19-18-29-27(32)22-9-5-6-10-22)24-14-16-26(17-15-24)34-25-12-3-2-4-13-25/h2-4,7-8,11-17,20,22H,5-6,9-10,18-19H2,1H3,(H,29,32)(H,30,33). The Kier molecular flexibility index (Phi) is 7.81. The number of carbonyl (C=O) groups excluding carboxylic acids is 2. The average Bonchev–Trinajstić information content (AvgIpc) is 3.38. The molecule has 0 bridgehead atoms. The number of nitrogens with zero attached hydrogens (tertiary/aromatic N) is 1. The molecular weight excluding hydrogens is 426 g/mol. The van der Waals surface area contributed by atoms with E-state index in [1.54, 1.807) is 4.90 Å². The zero-order valence-corrected chi connectivity index (χ0v) is 19.5. The van der Waals surface area contributed by atoms with Gasteiger partial charge >= 0.3 is 6.03 Å². The van der Waals surface area contributed by atoms with E-state index in [1.165, 1.54) is 0 Å². The van der Waals surface area contributed by atoms with Crippen LogP contribution in [0.5, 0.6) is 11.5 Å². The third-order valence-corrected chi connectivity index (χ3v) is 6.00. The predicted molar refractivity (Wildman–Crippen MR) is 135 cm³/mol. The molecule has 34 heavy (non-hydrogen) atoms. The van der Waals surface area contributed by atoms with Gasteiger partial charge in [-0.25, -0.2) is 4.79 Å². The molecule has 1 aliphatic rings. The topological polar surface area (TPSA) is 70.7 Å². The SMILES string of the molecule is Cc1cccc(NC(=O)N(CCNC(=O)C2CCCC2)c2ccc(Oc3ccccc3)cc2)c1. The Morgan fingerprint density at radius 2 is 1.62 bits per heavy atom. The van der Waals surface area contributed by atoms with Gasteiger partial charge in [0.15, 0.2) is 0 Å². The fourth-order valence-electron chi connectivity index (χ4n) is 4.20. The molecule has 1 aliphatic carbocycles. The van der Waals surface area contributed by atoms with Crippen LogP contribution in [-0.2, 0) is 4.79 Å². The number of carbonyl (C=O) groups is 2. The summed E-state index contributed by atoms with van der Waals surface area (Å²) in [5, 5.41) is 5.98. The Morgan fingerprint density at radius 3 is 2.32 bits per heavy atom. The molecule has 0 radical (unpaired) electrons.